The summed E-state index contributed by atoms with van der Waals surface area (Å²) in [4.78, 5) is 2.83. The van der Waals surface area contributed by atoms with Crippen molar-refractivity contribution in [1.82, 2.24) is 4.90 Å². The van der Waals surface area contributed by atoms with Gasteiger partial charge in [-0.05, 0) is 37.6 Å². The van der Waals surface area contributed by atoms with Crippen molar-refractivity contribution >= 4 is 0 Å². The van der Waals surface area contributed by atoms with Crippen molar-refractivity contribution in [1.29, 1.82) is 0 Å². The van der Waals surface area contributed by atoms with E-state index in [1.807, 2.05) is 0 Å². The van der Waals surface area contributed by atoms with Crippen LogP contribution in [0.5, 0.6) is 0 Å². The maximum absolute atomic E-state index is 2.83. The van der Waals surface area contributed by atoms with Crippen LogP contribution in [-0.2, 0) is 0 Å². The van der Waals surface area contributed by atoms with E-state index in [1.165, 1.54) is 45.1 Å². The summed E-state index contributed by atoms with van der Waals surface area (Å²) >= 11 is 0. The molecule has 0 aromatic carbocycles. The van der Waals surface area contributed by atoms with Crippen molar-refractivity contribution in [2.45, 2.75) is 71.4 Å². The second-order valence-electron chi connectivity index (χ2n) is 6.20. The predicted molar refractivity (Wildman–Crippen MR) is 61.4 cm³/mol. The smallest absolute Gasteiger partial charge is 0.0147 e. The number of nitrogens with zero attached hydrogens (tertiary/aromatic N) is 1. The molecule has 1 heterocycles. The Morgan fingerprint density at radius 2 is 1.57 bits per heavy atom. The number of hydrogen-bond donors (Lipinski definition) is 0. The maximum Gasteiger partial charge on any atom is 0.0147 e. The van der Waals surface area contributed by atoms with Gasteiger partial charge in [0.15, 0.2) is 0 Å². The van der Waals surface area contributed by atoms with E-state index in [2.05, 4.69) is 25.7 Å². The first-order valence-corrected chi connectivity index (χ1v) is 6.35. The van der Waals surface area contributed by atoms with Gasteiger partial charge in [0.25, 0.3) is 0 Å². The molecule has 82 valence electrons. The lowest BCUT2D eigenvalue weighted by Crippen LogP contribution is -2.44. The highest BCUT2D eigenvalue weighted by Gasteiger charge is 2.38. The highest BCUT2D eigenvalue weighted by Crippen LogP contribution is 2.37. The first-order chi connectivity index (χ1) is 6.59. The third kappa shape index (κ3) is 1.98. The fourth-order valence-electron chi connectivity index (χ4n) is 3.39. The first-order valence-electron chi connectivity index (χ1n) is 6.35. The van der Waals surface area contributed by atoms with Crippen LogP contribution >= 0.6 is 0 Å². The van der Waals surface area contributed by atoms with Crippen LogP contribution in [0.25, 0.3) is 0 Å². The van der Waals surface area contributed by atoms with Gasteiger partial charge in [0.1, 0.15) is 0 Å². The van der Waals surface area contributed by atoms with Crippen LogP contribution in [0, 0.1) is 5.41 Å². The molecule has 0 radical (unpaired) electrons. The van der Waals surface area contributed by atoms with Crippen LogP contribution in [0.2, 0.25) is 0 Å². The van der Waals surface area contributed by atoms with E-state index >= 15 is 0 Å². The molecule has 1 nitrogen and oxygen atoms in total. The van der Waals surface area contributed by atoms with Gasteiger partial charge in [-0.3, -0.25) is 4.90 Å². The molecule has 0 bridgehead atoms. The standard InChI is InChI=1S/C13H25N/c1-13(2,3)12-9-6-10-14(12)11-7-4-5-8-11/h11-12H,4-10H2,1-3H3/t12-/m0/s1. The molecule has 1 aliphatic carbocycles. The molecule has 0 amide bonds. The van der Waals surface area contributed by atoms with Gasteiger partial charge in [-0.15, -0.1) is 0 Å². The molecule has 2 aliphatic rings. The molecule has 1 heteroatoms. The summed E-state index contributed by atoms with van der Waals surface area (Å²) in [7, 11) is 0. The third-order valence-corrected chi connectivity index (χ3v) is 4.09. The molecule has 0 N–H and O–H groups in total. The maximum atomic E-state index is 2.83. The lowest BCUT2D eigenvalue weighted by molar-refractivity contribution is 0.0988. The van der Waals surface area contributed by atoms with Gasteiger partial charge in [-0.1, -0.05) is 33.6 Å². The van der Waals surface area contributed by atoms with Gasteiger partial charge in [0, 0.05) is 12.1 Å². The van der Waals surface area contributed by atoms with E-state index in [-0.39, 0.29) is 0 Å². The summed E-state index contributed by atoms with van der Waals surface area (Å²) in [5.74, 6) is 0. The minimum Gasteiger partial charge on any atom is -0.297 e. The van der Waals surface area contributed by atoms with Crippen LogP contribution in [-0.4, -0.2) is 23.5 Å². The zero-order valence-corrected chi connectivity index (χ0v) is 10.1. The fourth-order valence-corrected chi connectivity index (χ4v) is 3.39. The summed E-state index contributed by atoms with van der Waals surface area (Å²) in [5.41, 5.74) is 0.485. The van der Waals surface area contributed by atoms with Crippen LogP contribution in [0.1, 0.15) is 59.3 Å². The van der Waals surface area contributed by atoms with Gasteiger partial charge in [-0.2, -0.15) is 0 Å². The average Bonchev–Trinajstić information content (AvgIpc) is 2.73. The minimum atomic E-state index is 0.485. The molecule has 0 aromatic heterocycles. The summed E-state index contributed by atoms with van der Waals surface area (Å²) < 4.78 is 0. The molecule has 2 rings (SSSR count). The van der Waals surface area contributed by atoms with Crippen molar-refractivity contribution in [3.8, 4) is 0 Å². The van der Waals surface area contributed by atoms with E-state index in [4.69, 9.17) is 0 Å². The summed E-state index contributed by atoms with van der Waals surface area (Å²) in [5, 5.41) is 0. The lowest BCUT2D eigenvalue weighted by Gasteiger charge is -2.38. The largest absolute Gasteiger partial charge is 0.297 e. The van der Waals surface area contributed by atoms with Gasteiger partial charge < -0.3 is 0 Å². The topological polar surface area (TPSA) is 3.24 Å². The molecule has 1 saturated carbocycles. The SMILES string of the molecule is CC(C)(C)[C@@H]1CCCN1C1CCCC1. The Morgan fingerprint density at radius 3 is 2.14 bits per heavy atom. The molecule has 14 heavy (non-hydrogen) atoms. The highest BCUT2D eigenvalue weighted by atomic mass is 15.2. The monoisotopic (exact) mass is 195 g/mol. The Kier molecular flexibility index (Phi) is 2.88. The van der Waals surface area contributed by atoms with Crippen LogP contribution in [0.3, 0.4) is 0 Å². The summed E-state index contributed by atoms with van der Waals surface area (Å²) in [6.07, 6.45) is 8.73. The van der Waals surface area contributed by atoms with Crippen LogP contribution in [0.15, 0.2) is 0 Å². The van der Waals surface area contributed by atoms with Gasteiger partial charge in [0.05, 0.1) is 0 Å². The van der Waals surface area contributed by atoms with E-state index in [9.17, 15) is 0 Å². The number of rotatable bonds is 1. The van der Waals surface area contributed by atoms with Gasteiger partial charge in [0.2, 0.25) is 0 Å². The first kappa shape index (κ1) is 10.5. The molecule has 1 saturated heterocycles. The van der Waals surface area contributed by atoms with E-state index in [1.54, 1.807) is 0 Å². The van der Waals surface area contributed by atoms with Crippen LogP contribution in [0.4, 0.5) is 0 Å². The van der Waals surface area contributed by atoms with E-state index in [0.717, 1.165) is 12.1 Å². The third-order valence-electron chi connectivity index (χ3n) is 4.09. The normalized spacial score (nSPS) is 31.5. The van der Waals surface area contributed by atoms with Gasteiger partial charge in [-0.25, -0.2) is 0 Å². The van der Waals surface area contributed by atoms with E-state index < -0.39 is 0 Å². The zero-order valence-electron chi connectivity index (χ0n) is 10.1. The minimum absolute atomic E-state index is 0.485. The molecular weight excluding hydrogens is 170 g/mol. The van der Waals surface area contributed by atoms with Gasteiger partial charge >= 0.3 is 0 Å². The zero-order chi connectivity index (χ0) is 10.2. The summed E-state index contributed by atoms with van der Waals surface area (Å²) in [6, 6.07) is 1.78. The second kappa shape index (κ2) is 3.84. The Balaban J connectivity index is 2.02. The van der Waals surface area contributed by atoms with Crippen molar-refractivity contribution in [2.24, 2.45) is 5.41 Å². The molecule has 1 aliphatic heterocycles. The Hall–Kier alpha value is -0.0400. The van der Waals surface area contributed by atoms with Crippen molar-refractivity contribution < 1.29 is 0 Å². The van der Waals surface area contributed by atoms with Crippen molar-refractivity contribution in [3.63, 3.8) is 0 Å². The summed E-state index contributed by atoms with van der Waals surface area (Å²) in [6.45, 7) is 8.59. The Labute approximate surface area is 88.9 Å². The van der Waals surface area contributed by atoms with Crippen molar-refractivity contribution in [3.05, 3.63) is 0 Å². The molecule has 0 aromatic rings. The number of hydrogen-bond acceptors (Lipinski definition) is 1. The van der Waals surface area contributed by atoms with Crippen molar-refractivity contribution in [2.75, 3.05) is 6.54 Å². The molecule has 0 unspecified atom stereocenters. The van der Waals surface area contributed by atoms with Crippen LogP contribution < -0.4 is 0 Å². The molecule has 0 spiro atoms. The fraction of sp³-hybridized carbons (Fsp3) is 1.00. The molecular formula is C13H25N. The lowest BCUT2D eigenvalue weighted by atomic mass is 9.84. The average molecular weight is 195 g/mol. The Morgan fingerprint density at radius 1 is 0.929 bits per heavy atom. The highest BCUT2D eigenvalue weighted by molar-refractivity contribution is 4.92. The quantitative estimate of drug-likeness (QED) is 0.619. The molecule has 2 fully saturated rings. The van der Waals surface area contributed by atoms with E-state index in [0.29, 0.717) is 5.41 Å². The molecule has 1 atom stereocenters. The second-order valence-corrected chi connectivity index (χ2v) is 6.20. The Bertz CT molecular complexity index is 186. The number of likely N-dealkylation sites (tertiary alicyclic amines) is 1. The predicted octanol–water partition coefficient (Wildman–Crippen LogP) is 3.44.